The molecule has 1 aromatic rings. The van der Waals surface area contributed by atoms with E-state index < -0.39 is 11.7 Å². The highest BCUT2D eigenvalue weighted by atomic mass is 19.4. The van der Waals surface area contributed by atoms with E-state index in [1.54, 1.807) is 0 Å². The minimum absolute atomic E-state index is 0.0567. The SMILES string of the molecule is O=C1CCc2nccc(C(F)(F)F)c2C1. The van der Waals surface area contributed by atoms with E-state index in [4.69, 9.17) is 0 Å². The Hall–Kier alpha value is -1.39. The molecule has 1 aliphatic carbocycles. The van der Waals surface area contributed by atoms with Gasteiger partial charge in [-0.15, -0.1) is 0 Å². The molecule has 0 spiro atoms. The highest BCUT2D eigenvalue weighted by molar-refractivity contribution is 5.83. The van der Waals surface area contributed by atoms with E-state index in [0.717, 1.165) is 12.3 Å². The second kappa shape index (κ2) is 3.32. The molecule has 0 saturated heterocycles. The Morgan fingerprint density at radius 2 is 2.00 bits per heavy atom. The van der Waals surface area contributed by atoms with Crippen LogP contribution >= 0.6 is 0 Å². The van der Waals surface area contributed by atoms with Gasteiger partial charge in [0.15, 0.2) is 0 Å². The zero-order chi connectivity index (χ0) is 11.1. The minimum atomic E-state index is -4.40. The molecule has 0 saturated carbocycles. The molecule has 2 rings (SSSR count). The molecule has 0 amide bonds. The molecule has 80 valence electrons. The van der Waals surface area contributed by atoms with Crippen LogP contribution in [-0.4, -0.2) is 10.8 Å². The smallest absolute Gasteiger partial charge is 0.299 e. The normalized spacial score (nSPS) is 16.3. The van der Waals surface area contributed by atoms with Gasteiger partial charge in [-0.1, -0.05) is 0 Å². The van der Waals surface area contributed by atoms with Crippen molar-refractivity contribution in [2.45, 2.75) is 25.4 Å². The highest BCUT2D eigenvalue weighted by Gasteiger charge is 2.35. The Kier molecular flexibility index (Phi) is 2.25. The lowest BCUT2D eigenvalue weighted by Crippen LogP contribution is -2.20. The lowest BCUT2D eigenvalue weighted by atomic mass is 9.91. The number of halogens is 3. The molecule has 0 unspecified atom stereocenters. The standard InChI is InChI=1S/C10H8F3NO/c11-10(12,13)8-3-4-14-9-2-1-6(15)5-7(8)9/h3-4H,1-2,5H2. The van der Waals surface area contributed by atoms with E-state index in [0.29, 0.717) is 18.5 Å². The van der Waals surface area contributed by atoms with Gasteiger partial charge in [-0.05, 0) is 18.1 Å². The number of nitrogens with zero attached hydrogens (tertiary/aromatic N) is 1. The van der Waals surface area contributed by atoms with Crippen molar-refractivity contribution in [2.24, 2.45) is 0 Å². The largest absolute Gasteiger partial charge is 0.416 e. The Balaban J connectivity index is 2.53. The minimum Gasteiger partial charge on any atom is -0.299 e. The number of carbonyl (C=O) groups is 1. The van der Waals surface area contributed by atoms with Crippen LogP contribution in [0, 0.1) is 0 Å². The Morgan fingerprint density at radius 1 is 1.27 bits per heavy atom. The summed E-state index contributed by atoms with van der Waals surface area (Å²) in [6.07, 6.45) is -2.78. The van der Waals surface area contributed by atoms with Crippen LogP contribution in [0.3, 0.4) is 0 Å². The first kappa shape index (κ1) is 10.1. The van der Waals surface area contributed by atoms with Crippen LogP contribution in [0.5, 0.6) is 0 Å². The van der Waals surface area contributed by atoms with Gasteiger partial charge in [-0.3, -0.25) is 9.78 Å². The van der Waals surface area contributed by atoms with Gasteiger partial charge in [0.25, 0.3) is 0 Å². The third-order valence-electron chi connectivity index (χ3n) is 2.47. The molecular formula is C10H8F3NO. The molecule has 0 aliphatic heterocycles. The van der Waals surface area contributed by atoms with Crippen molar-refractivity contribution >= 4 is 5.78 Å². The number of hydrogen-bond donors (Lipinski definition) is 0. The molecule has 0 atom stereocenters. The maximum atomic E-state index is 12.6. The van der Waals surface area contributed by atoms with E-state index in [2.05, 4.69) is 4.98 Å². The number of ketones is 1. The lowest BCUT2D eigenvalue weighted by molar-refractivity contribution is -0.138. The molecule has 0 fully saturated rings. The van der Waals surface area contributed by atoms with Crippen LogP contribution in [0.2, 0.25) is 0 Å². The average Bonchev–Trinajstić information content (AvgIpc) is 2.15. The third-order valence-corrected chi connectivity index (χ3v) is 2.47. The van der Waals surface area contributed by atoms with Crippen LogP contribution in [0.15, 0.2) is 12.3 Å². The Bertz CT molecular complexity index is 412. The first-order valence-electron chi connectivity index (χ1n) is 4.54. The number of fused-ring (bicyclic) bond motifs is 1. The number of pyridine rings is 1. The summed E-state index contributed by atoms with van der Waals surface area (Å²) in [7, 11) is 0. The molecule has 0 bridgehead atoms. The number of carbonyl (C=O) groups excluding carboxylic acids is 1. The van der Waals surface area contributed by atoms with Crippen molar-refractivity contribution < 1.29 is 18.0 Å². The Labute approximate surface area is 84.1 Å². The van der Waals surface area contributed by atoms with Crippen molar-refractivity contribution in [3.05, 3.63) is 29.1 Å². The summed E-state index contributed by atoms with van der Waals surface area (Å²) in [5.74, 6) is -0.152. The molecular weight excluding hydrogens is 207 g/mol. The quantitative estimate of drug-likeness (QED) is 0.663. The molecule has 0 radical (unpaired) electrons. The van der Waals surface area contributed by atoms with Gasteiger partial charge in [-0.2, -0.15) is 13.2 Å². The van der Waals surface area contributed by atoms with Crippen LogP contribution in [-0.2, 0) is 23.8 Å². The number of Topliss-reactive ketones (excluding diaryl/α,β-unsaturated/α-hetero) is 1. The summed E-state index contributed by atoms with van der Waals surface area (Å²) in [5, 5.41) is 0. The van der Waals surface area contributed by atoms with Gasteiger partial charge in [0, 0.05) is 24.7 Å². The first-order valence-corrected chi connectivity index (χ1v) is 4.54. The van der Waals surface area contributed by atoms with Crippen molar-refractivity contribution in [1.82, 2.24) is 4.98 Å². The van der Waals surface area contributed by atoms with Gasteiger partial charge < -0.3 is 0 Å². The van der Waals surface area contributed by atoms with Crippen molar-refractivity contribution in [2.75, 3.05) is 0 Å². The lowest BCUT2D eigenvalue weighted by Gasteiger charge is -2.18. The molecule has 1 aliphatic rings. The van der Waals surface area contributed by atoms with E-state index in [9.17, 15) is 18.0 Å². The van der Waals surface area contributed by atoms with E-state index in [1.807, 2.05) is 0 Å². The molecule has 2 nitrogen and oxygen atoms in total. The topological polar surface area (TPSA) is 30.0 Å². The fourth-order valence-corrected chi connectivity index (χ4v) is 1.76. The van der Waals surface area contributed by atoms with E-state index in [-0.39, 0.29) is 17.8 Å². The van der Waals surface area contributed by atoms with Gasteiger partial charge in [-0.25, -0.2) is 0 Å². The van der Waals surface area contributed by atoms with Crippen LogP contribution < -0.4 is 0 Å². The number of alkyl halides is 3. The van der Waals surface area contributed by atoms with Crippen molar-refractivity contribution in [3.63, 3.8) is 0 Å². The molecule has 1 heterocycles. The van der Waals surface area contributed by atoms with E-state index in [1.165, 1.54) is 0 Å². The molecule has 1 aromatic heterocycles. The van der Waals surface area contributed by atoms with Gasteiger partial charge in [0.2, 0.25) is 0 Å². The number of aryl methyl sites for hydroxylation is 1. The highest BCUT2D eigenvalue weighted by Crippen LogP contribution is 2.34. The fraction of sp³-hybridized carbons (Fsp3) is 0.400. The maximum Gasteiger partial charge on any atom is 0.416 e. The number of aromatic nitrogens is 1. The number of rotatable bonds is 0. The number of hydrogen-bond acceptors (Lipinski definition) is 2. The van der Waals surface area contributed by atoms with Crippen LogP contribution in [0.1, 0.15) is 23.2 Å². The Morgan fingerprint density at radius 3 is 2.67 bits per heavy atom. The van der Waals surface area contributed by atoms with Crippen LogP contribution in [0.4, 0.5) is 13.2 Å². The average molecular weight is 215 g/mol. The molecule has 0 N–H and O–H groups in total. The monoisotopic (exact) mass is 215 g/mol. The van der Waals surface area contributed by atoms with Gasteiger partial charge in [0.1, 0.15) is 5.78 Å². The second-order valence-corrected chi connectivity index (χ2v) is 3.50. The second-order valence-electron chi connectivity index (χ2n) is 3.50. The summed E-state index contributed by atoms with van der Waals surface area (Å²) < 4.78 is 37.7. The van der Waals surface area contributed by atoms with E-state index >= 15 is 0 Å². The maximum absolute atomic E-state index is 12.6. The first-order chi connectivity index (χ1) is 6.98. The van der Waals surface area contributed by atoms with Crippen LogP contribution in [0.25, 0.3) is 0 Å². The third kappa shape index (κ3) is 1.86. The molecule has 5 heteroatoms. The van der Waals surface area contributed by atoms with Crippen molar-refractivity contribution in [3.8, 4) is 0 Å². The summed E-state index contributed by atoms with van der Waals surface area (Å²) in [4.78, 5) is 15.0. The summed E-state index contributed by atoms with van der Waals surface area (Å²) in [5.41, 5.74) is -0.258. The summed E-state index contributed by atoms with van der Waals surface area (Å²) in [6.45, 7) is 0. The predicted molar refractivity (Wildman–Crippen MR) is 46.3 cm³/mol. The molecule has 15 heavy (non-hydrogen) atoms. The van der Waals surface area contributed by atoms with Crippen molar-refractivity contribution in [1.29, 1.82) is 0 Å². The zero-order valence-corrected chi connectivity index (χ0v) is 7.77. The fourth-order valence-electron chi connectivity index (χ4n) is 1.76. The summed E-state index contributed by atoms with van der Waals surface area (Å²) in [6, 6.07) is 0.928. The summed E-state index contributed by atoms with van der Waals surface area (Å²) >= 11 is 0. The zero-order valence-electron chi connectivity index (χ0n) is 7.77. The molecule has 0 aromatic carbocycles. The van der Waals surface area contributed by atoms with Gasteiger partial charge >= 0.3 is 6.18 Å². The predicted octanol–water partition coefficient (Wildman–Crippen LogP) is 2.16. The van der Waals surface area contributed by atoms with Gasteiger partial charge in [0.05, 0.1) is 5.56 Å².